The second-order valence-corrected chi connectivity index (χ2v) is 5.94. The number of nitrogens with two attached hydrogens (primary N) is 1. The lowest BCUT2D eigenvalue weighted by Crippen LogP contribution is -3.09. The molecule has 0 unspecified atom stereocenters. The van der Waals surface area contributed by atoms with Crippen molar-refractivity contribution in [3.63, 3.8) is 0 Å². The van der Waals surface area contributed by atoms with Crippen molar-refractivity contribution < 1.29 is 24.4 Å². The van der Waals surface area contributed by atoms with Gasteiger partial charge in [-0.3, -0.25) is 4.90 Å². The van der Waals surface area contributed by atoms with Crippen LogP contribution in [0.3, 0.4) is 0 Å². The van der Waals surface area contributed by atoms with E-state index in [2.05, 4.69) is 35.6 Å². The first-order chi connectivity index (χ1) is 11.8. The zero-order chi connectivity index (χ0) is 16.8. The SMILES string of the molecule is COc1ccc(C[NH2+]c2ccc([NH+]3CCOCC3)cc2)cc1OC. The first-order valence-electron chi connectivity index (χ1n) is 8.37. The molecule has 0 amide bonds. The first kappa shape index (κ1) is 16.8. The Labute approximate surface area is 143 Å². The first-order valence-corrected chi connectivity index (χ1v) is 8.37. The minimum absolute atomic E-state index is 0.763. The van der Waals surface area contributed by atoms with E-state index in [0.29, 0.717) is 0 Å². The van der Waals surface area contributed by atoms with Crippen LogP contribution in [0, 0.1) is 0 Å². The molecule has 0 atom stereocenters. The molecular formula is C19H26N2O3+2. The van der Waals surface area contributed by atoms with Crippen LogP contribution in [0.25, 0.3) is 0 Å². The molecule has 1 heterocycles. The summed E-state index contributed by atoms with van der Waals surface area (Å²) in [5, 5.41) is 2.24. The van der Waals surface area contributed by atoms with Crippen molar-refractivity contribution in [1.29, 1.82) is 0 Å². The van der Waals surface area contributed by atoms with Crippen LogP contribution in [0.2, 0.25) is 0 Å². The largest absolute Gasteiger partial charge is 0.493 e. The molecule has 5 nitrogen and oxygen atoms in total. The Morgan fingerprint density at radius 2 is 1.67 bits per heavy atom. The lowest BCUT2D eigenvalue weighted by Gasteiger charge is -2.23. The molecule has 2 aromatic rings. The minimum atomic E-state index is 0.763. The van der Waals surface area contributed by atoms with Gasteiger partial charge in [0.1, 0.15) is 31.0 Å². The number of morpholine rings is 1. The summed E-state index contributed by atoms with van der Waals surface area (Å²) in [7, 11) is 3.32. The van der Waals surface area contributed by atoms with E-state index in [4.69, 9.17) is 14.2 Å². The molecule has 3 N–H and O–H groups in total. The molecule has 0 spiro atoms. The highest BCUT2D eigenvalue weighted by Gasteiger charge is 2.16. The number of rotatable bonds is 6. The molecule has 128 valence electrons. The highest BCUT2D eigenvalue weighted by molar-refractivity contribution is 5.43. The van der Waals surface area contributed by atoms with Crippen molar-refractivity contribution >= 4 is 11.4 Å². The van der Waals surface area contributed by atoms with Gasteiger partial charge in [-0.1, -0.05) is 0 Å². The predicted molar refractivity (Wildman–Crippen MR) is 92.5 cm³/mol. The Bertz CT molecular complexity index is 652. The van der Waals surface area contributed by atoms with Crippen LogP contribution >= 0.6 is 0 Å². The summed E-state index contributed by atoms with van der Waals surface area (Å²) in [6.07, 6.45) is 0. The van der Waals surface area contributed by atoms with Gasteiger partial charge in [0.2, 0.25) is 0 Å². The van der Waals surface area contributed by atoms with E-state index in [1.54, 1.807) is 14.2 Å². The van der Waals surface area contributed by atoms with Crippen LogP contribution in [-0.2, 0) is 11.3 Å². The van der Waals surface area contributed by atoms with E-state index in [0.717, 1.165) is 44.3 Å². The molecule has 0 radical (unpaired) electrons. The van der Waals surface area contributed by atoms with Crippen molar-refractivity contribution in [2.24, 2.45) is 0 Å². The third kappa shape index (κ3) is 4.06. The molecule has 1 aliphatic rings. The van der Waals surface area contributed by atoms with E-state index in [1.165, 1.54) is 21.8 Å². The maximum atomic E-state index is 5.42. The van der Waals surface area contributed by atoms with E-state index < -0.39 is 0 Å². The molecule has 0 saturated carbocycles. The summed E-state index contributed by atoms with van der Waals surface area (Å²) in [4.78, 5) is 1.51. The average Bonchev–Trinajstić information content (AvgIpc) is 2.67. The van der Waals surface area contributed by atoms with Gasteiger partial charge < -0.3 is 19.5 Å². The second-order valence-electron chi connectivity index (χ2n) is 5.94. The van der Waals surface area contributed by atoms with Gasteiger partial charge in [0, 0.05) is 29.8 Å². The minimum Gasteiger partial charge on any atom is -0.493 e. The third-order valence-corrected chi connectivity index (χ3v) is 4.44. The number of methoxy groups -OCH3 is 2. The lowest BCUT2D eigenvalue weighted by molar-refractivity contribution is -0.842. The molecule has 1 aliphatic heterocycles. The van der Waals surface area contributed by atoms with Crippen LogP contribution in [-0.4, -0.2) is 40.5 Å². The third-order valence-electron chi connectivity index (χ3n) is 4.44. The van der Waals surface area contributed by atoms with Crippen molar-refractivity contribution in [3.05, 3.63) is 48.0 Å². The molecule has 2 aromatic carbocycles. The number of ether oxygens (including phenoxy) is 3. The zero-order valence-corrected chi connectivity index (χ0v) is 14.4. The van der Waals surface area contributed by atoms with E-state index in [-0.39, 0.29) is 0 Å². The van der Waals surface area contributed by atoms with Gasteiger partial charge in [-0.25, -0.2) is 0 Å². The molecule has 5 heteroatoms. The Morgan fingerprint density at radius 1 is 0.958 bits per heavy atom. The fourth-order valence-corrected chi connectivity index (χ4v) is 3.00. The second kappa shape index (κ2) is 8.15. The smallest absolute Gasteiger partial charge is 0.161 e. The number of benzene rings is 2. The Morgan fingerprint density at radius 3 is 2.33 bits per heavy atom. The van der Waals surface area contributed by atoms with Crippen molar-refractivity contribution in [2.45, 2.75) is 6.54 Å². The summed E-state index contributed by atoms with van der Waals surface area (Å²) in [6.45, 7) is 4.67. The maximum absolute atomic E-state index is 5.42. The summed E-state index contributed by atoms with van der Waals surface area (Å²) < 4.78 is 16.1. The van der Waals surface area contributed by atoms with Gasteiger partial charge in [-0.15, -0.1) is 0 Å². The Balaban J connectivity index is 1.60. The topological polar surface area (TPSA) is 48.7 Å². The predicted octanol–water partition coefficient (Wildman–Crippen LogP) is 0.646. The van der Waals surface area contributed by atoms with Gasteiger partial charge in [0.15, 0.2) is 11.5 Å². The highest BCUT2D eigenvalue weighted by Crippen LogP contribution is 2.27. The molecular weight excluding hydrogens is 304 g/mol. The zero-order valence-electron chi connectivity index (χ0n) is 14.4. The summed E-state index contributed by atoms with van der Waals surface area (Å²) in [5.41, 5.74) is 3.79. The molecule has 0 aliphatic carbocycles. The molecule has 0 bridgehead atoms. The van der Waals surface area contributed by atoms with Gasteiger partial charge in [-0.2, -0.15) is 0 Å². The fraction of sp³-hybridized carbons (Fsp3) is 0.368. The quantitative estimate of drug-likeness (QED) is 0.765. The average molecular weight is 330 g/mol. The maximum Gasteiger partial charge on any atom is 0.161 e. The fourth-order valence-electron chi connectivity index (χ4n) is 3.00. The molecule has 1 fully saturated rings. The number of nitrogens with one attached hydrogen (secondary N) is 1. The van der Waals surface area contributed by atoms with Crippen molar-refractivity contribution in [1.82, 2.24) is 0 Å². The monoisotopic (exact) mass is 330 g/mol. The van der Waals surface area contributed by atoms with E-state index in [9.17, 15) is 0 Å². The molecule has 0 aromatic heterocycles. The van der Waals surface area contributed by atoms with Crippen LogP contribution in [0.15, 0.2) is 42.5 Å². The van der Waals surface area contributed by atoms with Gasteiger partial charge in [0.05, 0.1) is 27.4 Å². The summed E-state index contributed by atoms with van der Waals surface area (Å²) in [5.74, 6) is 1.54. The summed E-state index contributed by atoms with van der Waals surface area (Å²) >= 11 is 0. The highest BCUT2D eigenvalue weighted by atomic mass is 16.5. The molecule has 1 saturated heterocycles. The van der Waals surface area contributed by atoms with Gasteiger partial charge in [0.25, 0.3) is 0 Å². The number of hydrogen-bond donors (Lipinski definition) is 2. The van der Waals surface area contributed by atoms with Crippen molar-refractivity contribution in [3.8, 4) is 11.5 Å². The lowest BCUT2D eigenvalue weighted by atomic mass is 10.2. The van der Waals surface area contributed by atoms with E-state index in [1.807, 2.05) is 12.1 Å². The Hall–Kier alpha value is -2.08. The number of quaternary nitrogens is 2. The molecule has 24 heavy (non-hydrogen) atoms. The van der Waals surface area contributed by atoms with Gasteiger partial charge >= 0.3 is 0 Å². The van der Waals surface area contributed by atoms with E-state index >= 15 is 0 Å². The Kier molecular flexibility index (Phi) is 5.69. The van der Waals surface area contributed by atoms with Crippen LogP contribution in [0.5, 0.6) is 11.5 Å². The number of hydrogen-bond acceptors (Lipinski definition) is 3. The standard InChI is InChI=1S/C19H24N2O3/c1-22-18-8-3-15(13-19(18)23-2)14-20-16-4-6-17(7-5-16)21-9-11-24-12-10-21/h3-8,13,20H,9-12,14H2,1-2H3/p+2. The summed E-state index contributed by atoms with van der Waals surface area (Å²) in [6, 6.07) is 14.9. The van der Waals surface area contributed by atoms with Crippen LogP contribution in [0.4, 0.5) is 11.4 Å². The van der Waals surface area contributed by atoms with Crippen LogP contribution < -0.4 is 19.7 Å². The molecule has 3 rings (SSSR count). The normalized spacial score (nSPS) is 15.2. The van der Waals surface area contributed by atoms with Crippen LogP contribution in [0.1, 0.15) is 5.56 Å². The van der Waals surface area contributed by atoms with Crippen molar-refractivity contribution in [2.75, 3.05) is 40.5 Å². The van der Waals surface area contributed by atoms with Gasteiger partial charge in [-0.05, 0) is 18.2 Å².